The SMILES string of the molecule is CCNC(=NCc1csc(-c2ccccc2)n1)NCc1ccnn1C. The molecule has 2 aromatic heterocycles. The van der Waals surface area contributed by atoms with Gasteiger partial charge in [0.2, 0.25) is 0 Å². The number of aryl methyl sites for hydroxylation is 1. The molecular weight excluding hydrogens is 332 g/mol. The lowest BCUT2D eigenvalue weighted by Crippen LogP contribution is -2.37. The molecule has 0 aliphatic rings. The van der Waals surface area contributed by atoms with Crippen molar-refractivity contribution in [3.8, 4) is 10.6 Å². The number of nitrogens with zero attached hydrogens (tertiary/aromatic N) is 4. The molecule has 0 radical (unpaired) electrons. The Labute approximate surface area is 151 Å². The molecular formula is C18H22N6S. The van der Waals surface area contributed by atoms with Crippen LogP contribution in [-0.2, 0) is 20.1 Å². The van der Waals surface area contributed by atoms with Gasteiger partial charge >= 0.3 is 0 Å². The average Bonchev–Trinajstić information content (AvgIpc) is 3.27. The third-order valence-electron chi connectivity index (χ3n) is 3.68. The fraction of sp³-hybridized carbons (Fsp3) is 0.278. The highest BCUT2D eigenvalue weighted by atomic mass is 32.1. The first kappa shape index (κ1) is 17.2. The van der Waals surface area contributed by atoms with E-state index in [0.29, 0.717) is 13.1 Å². The standard InChI is InChI=1S/C18H22N6S/c1-3-19-18(21-12-16-9-10-22-24(16)2)20-11-15-13-25-17(23-15)14-7-5-4-6-8-14/h4-10,13H,3,11-12H2,1-2H3,(H2,19,20,21). The molecule has 0 aliphatic carbocycles. The summed E-state index contributed by atoms with van der Waals surface area (Å²) in [4.78, 5) is 9.31. The Morgan fingerprint density at radius 3 is 2.76 bits per heavy atom. The molecule has 0 atom stereocenters. The lowest BCUT2D eigenvalue weighted by Gasteiger charge is -2.11. The van der Waals surface area contributed by atoms with Gasteiger partial charge in [0.1, 0.15) is 5.01 Å². The van der Waals surface area contributed by atoms with Crippen LogP contribution in [0.5, 0.6) is 0 Å². The van der Waals surface area contributed by atoms with E-state index >= 15 is 0 Å². The summed E-state index contributed by atoms with van der Waals surface area (Å²) in [6.07, 6.45) is 1.79. The van der Waals surface area contributed by atoms with Gasteiger partial charge in [-0.25, -0.2) is 9.98 Å². The molecule has 0 unspecified atom stereocenters. The van der Waals surface area contributed by atoms with Crippen molar-refractivity contribution < 1.29 is 0 Å². The van der Waals surface area contributed by atoms with Gasteiger partial charge in [-0.15, -0.1) is 11.3 Å². The largest absolute Gasteiger partial charge is 0.357 e. The highest BCUT2D eigenvalue weighted by Gasteiger charge is 2.05. The molecule has 0 amide bonds. The van der Waals surface area contributed by atoms with Crippen LogP contribution in [-0.4, -0.2) is 27.3 Å². The Hall–Kier alpha value is -2.67. The second-order valence-corrected chi connectivity index (χ2v) is 6.36. The Bertz CT molecular complexity index is 821. The van der Waals surface area contributed by atoms with Gasteiger partial charge < -0.3 is 10.6 Å². The predicted octanol–water partition coefficient (Wildman–Crippen LogP) is 2.80. The molecule has 0 fully saturated rings. The van der Waals surface area contributed by atoms with Crippen LogP contribution < -0.4 is 10.6 Å². The molecule has 3 rings (SSSR count). The highest BCUT2D eigenvalue weighted by Crippen LogP contribution is 2.23. The summed E-state index contributed by atoms with van der Waals surface area (Å²) in [5.41, 5.74) is 3.22. The van der Waals surface area contributed by atoms with E-state index in [-0.39, 0.29) is 0 Å². The summed E-state index contributed by atoms with van der Waals surface area (Å²) in [6, 6.07) is 12.2. The molecule has 0 aliphatic heterocycles. The van der Waals surface area contributed by atoms with E-state index in [1.807, 2.05) is 36.0 Å². The van der Waals surface area contributed by atoms with Gasteiger partial charge in [-0.05, 0) is 13.0 Å². The van der Waals surface area contributed by atoms with E-state index in [2.05, 4.69) is 50.1 Å². The number of rotatable bonds is 6. The van der Waals surface area contributed by atoms with Crippen LogP contribution in [0.1, 0.15) is 18.3 Å². The maximum atomic E-state index is 4.68. The predicted molar refractivity (Wildman–Crippen MR) is 102 cm³/mol. The maximum absolute atomic E-state index is 4.68. The van der Waals surface area contributed by atoms with Crippen molar-refractivity contribution >= 4 is 17.3 Å². The monoisotopic (exact) mass is 354 g/mol. The first-order chi connectivity index (χ1) is 12.3. The fourth-order valence-electron chi connectivity index (χ4n) is 2.34. The molecule has 7 heteroatoms. The quantitative estimate of drug-likeness (QED) is 0.528. The van der Waals surface area contributed by atoms with Crippen molar-refractivity contribution in [3.05, 3.63) is 59.4 Å². The van der Waals surface area contributed by atoms with E-state index in [1.165, 1.54) is 0 Å². The normalized spacial score (nSPS) is 11.5. The van der Waals surface area contributed by atoms with Crippen molar-refractivity contribution in [1.29, 1.82) is 0 Å². The van der Waals surface area contributed by atoms with Gasteiger partial charge in [-0.1, -0.05) is 30.3 Å². The molecule has 2 heterocycles. The summed E-state index contributed by atoms with van der Waals surface area (Å²) in [6.45, 7) is 4.08. The number of hydrogen-bond acceptors (Lipinski definition) is 4. The van der Waals surface area contributed by atoms with Crippen molar-refractivity contribution in [2.24, 2.45) is 12.0 Å². The van der Waals surface area contributed by atoms with Crippen LogP contribution >= 0.6 is 11.3 Å². The third kappa shape index (κ3) is 4.67. The lowest BCUT2D eigenvalue weighted by atomic mass is 10.2. The van der Waals surface area contributed by atoms with Gasteiger partial charge in [0.15, 0.2) is 5.96 Å². The minimum absolute atomic E-state index is 0.546. The second kappa shape index (κ2) is 8.43. The van der Waals surface area contributed by atoms with Gasteiger partial charge in [0, 0.05) is 30.7 Å². The summed E-state index contributed by atoms with van der Waals surface area (Å²) in [5, 5.41) is 13.9. The van der Waals surface area contributed by atoms with E-state index in [4.69, 9.17) is 0 Å². The number of nitrogens with one attached hydrogen (secondary N) is 2. The first-order valence-corrected chi connectivity index (χ1v) is 9.13. The maximum Gasteiger partial charge on any atom is 0.191 e. The molecule has 130 valence electrons. The summed E-state index contributed by atoms with van der Waals surface area (Å²) in [5.74, 6) is 0.776. The zero-order valence-electron chi connectivity index (χ0n) is 14.4. The summed E-state index contributed by atoms with van der Waals surface area (Å²) >= 11 is 1.65. The van der Waals surface area contributed by atoms with Crippen LogP contribution in [0.3, 0.4) is 0 Å². The zero-order valence-corrected chi connectivity index (χ0v) is 15.3. The molecule has 3 aromatic rings. The van der Waals surface area contributed by atoms with Crippen LogP contribution in [0.2, 0.25) is 0 Å². The van der Waals surface area contributed by atoms with Crippen molar-refractivity contribution in [3.63, 3.8) is 0 Å². The molecule has 0 spiro atoms. The van der Waals surface area contributed by atoms with Gasteiger partial charge in [-0.3, -0.25) is 4.68 Å². The minimum Gasteiger partial charge on any atom is -0.357 e. The Morgan fingerprint density at radius 2 is 2.04 bits per heavy atom. The first-order valence-electron chi connectivity index (χ1n) is 8.25. The molecule has 25 heavy (non-hydrogen) atoms. The Morgan fingerprint density at radius 1 is 1.20 bits per heavy atom. The van der Waals surface area contributed by atoms with E-state index in [0.717, 1.165) is 34.5 Å². The van der Waals surface area contributed by atoms with Crippen molar-refractivity contribution in [2.45, 2.75) is 20.0 Å². The van der Waals surface area contributed by atoms with Crippen LogP contribution in [0, 0.1) is 0 Å². The molecule has 2 N–H and O–H groups in total. The van der Waals surface area contributed by atoms with Gasteiger partial charge in [0.25, 0.3) is 0 Å². The summed E-state index contributed by atoms with van der Waals surface area (Å²) in [7, 11) is 1.93. The molecule has 0 saturated carbocycles. The number of aliphatic imine (C=N–C) groups is 1. The number of aromatic nitrogens is 3. The Kier molecular flexibility index (Phi) is 5.79. The molecule has 1 aromatic carbocycles. The number of thiazole rings is 1. The van der Waals surface area contributed by atoms with Crippen molar-refractivity contribution in [1.82, 2.24) is 25.4 Å². The van der Waals surface area contributed by atoms with Gasteiger partial charge in [-0.2, -0.15) is 5.10 Å². The average molecular weight is 354 g/mol. The number of guanidine groups is 1. The van der Waals surface area contributed by atoms with E-state index in [9.17, 15) is 0 Å². The zero-order chi connectivity index (χ0) is 17.5. The lowest BCUT2D eigenvalue weighted by molar-refractivity contribution is 0.684. The second-order valence-electron chi connectivity index (χ2n) is 5.50. The smallest absolute Gasteiger partial charge is 0.191 e. The molecule has 6 nitrogen and oxygen atoms in total. The highest BCUT2D eigenvalue weighted by molar-refractivity contribution is 7.13. The van der Waals surface area contributed by atoms with Crippen LogP contribution in [0.4, 0.5) is 0 Å². The van der Waals surface area contributed by atoms with Crippen LogP contribution in [0.15, 0.2) is 53.0 Å². The fourth-order valence-corrected chi connectivity index (χ4v) is 3.16. The topological polar surface area (TPSA) is 67.1 Å². The Balaban J connectivity index is 1.63. The van der Waals surface area contributed by atoms with Crippen molar-refractivity contribution in [2.75, 3.05) is 6.54 Å². The third-order valence-corrected chi connectivity index (χ3v) is 4.62. The summed E-state index contributed by atoms with van der Waals surface area (Å²) < 4.78 is 1.85. The number of hydrogen-bond donors (Lipinski definition) is 2. The van der Waals surface area contributed by atoms with Gasteiger partial charge in [0.05, 0.1) is 24.5 Å². The van der Waals surface area contributed by atoms with E-state index in [1.54, 1.807) is 17.5 Å². The van der Waals surface area contributed by atoms with E-state index < -0.39 is 0 Å². The van der Waals surface area contributed by atoms with Crippen LogP contribution in [0.25, 0.3) is 10.6 Å². The molecule has 0 saturated heterocycles. The number of benzene rings is 1. The molecule has 0 bridgehead atoms. The minimum atomic E-state index is 0.546.